The molecule has 1 atom stereocenters. The Kier molecular flexibility index (Phi) is 6.44. The summed E-state index contributed by atoms with van der Waals surface area (Å²) in [4.78, 5) is 18.1. The lowest BCUT2D eigenvalue weighted by Gasteiger charge is -2.10. The number of benzene rings is 1. The molecule has 0 fully saturated rings. The van der Waals surface area contributed by atoms with E-state index in [-0.39, 0.29) is 5.91 Å². The summed E-state index contributed by atoms with van der Waals surface area (Å²) in [5.41, 5.74) is 0.904. The maximum atomic E-state index is 13.5. The normalized spacial score (nSPS) is 12.1. The number of rotatable bonds is 7. The Balaban J connectivity index is 1.39. The molecule has 1 unspecified atom stereocenters. The Hall–Kier alpha value is -2.63. The van der Waals surface area contributed by atoms with E-state index in [1.54, 1.807) is 23.6 Å². The summed E-state index contributed by atoms with van der Waals surface area (Å²) < 4.78 is 28.5. The first-order valence-electron chi connectivity index (χ1n) is 9.20. The second-order valence-corrected chi connectivity index (χ2v) is 9.83. The zero-order valence-electron chi connectivity index (χ0n) is 16.5. The molecule has 4 rings (SSSR count). The maximum Gasteiger partial charge on any atom is 0.239 e. The minimum absolute atomic E-state index is 0.237. The summed E-state index contributed by atoms with van der Waals surface area (Å²) in [6.45, 7) is 1.78. The lowest BCUT2D eigenvalue weighted by molar-refractivity contribution is -0.115. The fraction of sp³-hybridized carbons (Fsp3) is 0.200. The van der Waals surface area contributed by atoms with Crippen LogP contribution in [0, 0.1) is 11.6 Å². The van der Waals surface area contributed by atoms with Crippen LogP contribution in [0.1, 0.15) is 17.6 Å². The van der Waals surface area contributed by atoms with Gasteiger partial charge in [-0.1, -0.05) is 17.8 Å². The molecular formula is C20H17F2N5OS3. The third kappa shape index (κ3) is 5.00. The minimum atomic E-state index is -0.941. The van der Waals surface area contributed by atoms with Crippen molar-refractivity contribution in [1.29, 1.82) is 0 Å². The Morgan fingerprint density at radius 3 is 2.81 bits per heavy atom. The fourth-order valence-electron chi connectivity index (χ4n) is 2.71. The molecule has 0 spiro atoms. The third-order valence-electron chi connectivity index (χ3n) is 4.44. The molecule has 1 amide bonds. The first-order chi connectivity index (χ1) is 14.9. The summed E-state index contributed by atoms with van der Waals surface area (Å²) in [6.07, 6.45) is 0.689. The van der Waals surface area contributed by atoms with Gasteiger partial charge in [0.1, 0.15) is 5.82 Å². The number of hydrogen-bond donors (Lipinski definition) is 1. The number of halogens is 2. The van der Waals surface area contributed by atoms with Gasteiger partial charge in [-0.3, -0.25) is 4.79 Å². The van der Waals surface area contributed by atoms with Crippen LogP contribution in [-0.4, -0.2) is 30.9 Å². The number of thiazole rings is 1. The second-order valence-electron chi connectivity index (χ2n) is 6.63. The molecule has 0 saturated heterocycles. The van der Waals surface area contributed by atoms with E-state index in [0.29, 0.717) is 28.0 Å². The van der Waals surface area contributed by atoms with Crippen LogP contribution in [-0.2, 0) is 18.3 Å². The Morgan fingerprint density at radius 2 is 2.06 bits per heavy atom. The molecule has 11 heteroatoms. The predicted octanol–water partition coefficient (Wildman–Crippen LogP) is 4.99. The van der Waals surface area contributed by atoms with Gasteiger partial charge >= 0.3 is 0 Å². The standard InChI is InChI=1S/C20H17F2N5OS3/c1-11(31-20-26-25-17(27(20)2)9-13-4-3-7-29-13)18(28)24-19-23-16(10-30-19)12-5-6-14(21)15(22)8-12/h3-8,10-11H,9H2,1-2H3,(H,23,24,28). The molecule has 31 heavy (non-hydrogen) atoms. The summed E-state index contributed by atoms with van der Waals surface area (Å²) in [5, 5.41) is 15.5. The number of hydrogen-bond acceptors (Lipinski definition) is 7. The van der Waals surface area contributed by atoms with Gasteiger partial charge < -0.3 is 9.88 Å². The predicted molar refractivity (Wildman–Crippen MR) is 120 cm³/mol. The highest BCUT2D eigenvalue weighted by Gasteiger charge is 2.20. The summed E-state index contributed by atoms with van der Waals surface area (Å²) in [5.74, 6) is -1.27. The van der Waals surface area contributed by atoms with Crippen LogP contribution in [0.3, 0.4) is 0 Å². The molecular weight excluding hydrogens is 460 g/mol. The van der Waals surface area contributed by atoms with Crippen molar-refractivity contribution in [1.82, 2.24) is 19.7 Å². The van der Waals surface area contributed by atoms with Crippen LogP contribution in [0.25, 0.3) is 11.3 Å². The van der Waals surface area contributed by atoms with E-state index in [9.17, 15) is 13.6 Å². The van der Waals surface area contributed by atoms with E-state index in [2.05, 4.69) is 20.5 Å². The number of nitrogens with one attached hydrogen (secondary N) is 1. The van der Waals surface area contributed by atoms with Crippen molar-refractivity contribution in [2.24, 2.45) is 7.05 Å². The van der Waals surface area contributed by atoms with Crippen LogP contribution in [0.5, 0.6) is 0 Å². The first kappa shape index (κ1) is 21.6. The van der Waals surface area contributed by atoms with Crippen molar-refractivity contribution >= 4 is 45.5 Å². The van der Waals surface area contributed by atoms with Crippen molar-refractivity contribution in [3.63, 3.8) is 0 Å². The molecule has 0 bridgehead atoms. The third-order valence-corrected chi connectivity index (χ3v) is 7.21. The summed E-state index contributed by atoms with van der Waals surface area (Å²) >= 11 is 4.18. The number of amides is 1. The van der Waals surface area contributed by atoms with Crippen LogP contribution in [0.15, 0.2) is 46.2 Å². The monoisotopic (exact) mass is 477 g/mol. The lowest BCUT2D eigenvalue weighted by atomic mass is 10.2. The summed E-state index contributed by atoms with van der Waals surface area (Å²) in [6, 6.07) is 7.62. The molecule has 1 N–H and O–H groups in total. The number of thioether (sulfide) groups is 1. The van der Waals surface area contributed by atoms with E-state index in [4.69, 9.17) is 0 Å². The zero-order chi connectivity index (χ0) is 22.0. The highest BCUT2D eigenvalue weighted by Crippen LogP contribution is 2.28. The molecule has 0 saturated carbocycles. The second kappa shape index (κ2) is 9.25. The van der Waals surface area contributed by atoms with Crippen LogP contribution >= 0.6 is 34.4 Å². The Morgan fingerprint density at radius 1 is 1.23 bits per heavy atom. The number of carbonyl (C=O) groups excluding carboxylic acids is 1. The van der Waals surface area contributed by atoms with Gasteiger partial charge in [-0.05, 0) is 36.6 Å². The lowest BCUT2D eigenvalue weighted by Crippen LogP contribution is -2.22. The topological polar surface area (TPSA) is 72.7 Å². The van der Waals surface area contributed by atoms with Crippen molar-refractivity contribution in [2.45, 2.75) is 23.8 Å². The minimum Gasteiger partial charge on any atom is -0.309 e. The Labute approximate surface area is 189 Å². The van der Waals surface area contributed by atoms with Crippen molar-refractivity contribution in [3.05, 3.63) is 63.4 Å². The molecule has 3 heterocycles. The van der Waals surface area contributed by atoms with Crippen LogP contribution in [0.4, 0.5) is 13.9 Å². The summed E-state index contributed by atoms with van der Waals surface area (Å²) in [7, 11) is 1.88. The highest BCUT2D eigenvalue weighted by atomic mass is 32.2. The smallest absolute Gasteiger partial charge is 0.239 e. The number of thiophene rings is 1. The average molecular weight is 478 g/mol. The van der Waals surface area contributed by atoms with Gasteiger partial charge in [-0.15, -0.1) is 32.9 Å². The van der Waals surface area contributed by atoms with E-state index in [1.807, 2.05) is 29.1 Å². The fourth-order valence-corrected chi connectivity index (χ4v) is 4.97. The van der Waals surface area contributed by atoms with E-state index < -0.39 is 16.9 Å². The molecule has 0 aliphatic carbocycles. The highest BCUT2D eigenvalue weighted by molar-refractivity contribution is 8.00. The van der Waals surface area contributed by atoms with Gasteiger partial charge in [-0.2, -0.15) is 0 Å². The van der Waals surface area contributed by atoms with Crippen LogP contribution < -0.4 is 5.32 Å². The quantitative estimate of drug-likeness (QED) is 0.380. The van der Waals surface area contributed by atoms with E-state index in [0.717, 1.165) is 18.0 Å². The van der Waals surface area contributed by atoms with Crippen molar-refractivity contribution in [2.75, 3.05) is 5.32 Å². The molecule has 4 aromatic rings. The van der Waals surface area contributed by atoms with Gasteiger partial charge in [0.15, 0.2) is 21.9 Å². The first-order valence-corrected chi connectivity index (χ1v) is 11.8. The van der Waals surface area contributed by atoms with Gasteiger partial charge in [0.25, 0.3) is 0 Å². The molecule has 3 aromatic heterocycles. The number of nitrogens with zero attached hydrogens (tertiary/aromatic N) is 4. The largest absolute Gasteiger partial charge is 0.309 e. The SMILES string of the molecule is CC(Sc1nnc(Cc2cccs2)n1C)C(=O)Nc1nc(-c2ccc(F)c(F)c2)cs1. The Bertz CT molecular complexity index is 1210. The molecule has 160 valence electrons. The zero-order valence-corrected chi connectivity index (χ0v) is 19.0. The van der Waals surface area contributed by atoms with Gasteiger partial charge in [-0.25, -0.2) is 13.8 Å². The number of aromatic nitrogens is 4. The molecule has 0 aliphatic rings. The molecule has 0 radical (unpaired) electrons. The van der Waals surface area contributed by atoms with Gasteiger partial charge in [0, 0.05) is 29.3 Å². The number of anilines is 1. The molecule has 6 nitrogen and oxygen atoms in total. The molecule has 1 aromatic carbocycles. The number of carbonyl (C=O) groups is 1. The van der Waals surface area contributed by atoms with E-state index in [1.165, 1.54) is 34.0 Å². The van der Waals surface area contributed by atoms with Crippen LogP contribution in [0.2, 0.25) is 0 Å². The van der Waals surface area contributed by atoms with Crippen molar-refractivity contribution < 1.29 is 13.6 Å². The maximum absolute atomic E-state index is 13.5. The van der Waals surface area contributed by atoms with Crippen molar-refractivity contribution in [3.8, 4) is 11.3 Å². The van der Waals surface area contributed by atoms with Gasteiger partial charge in [0.2, 0.25) is 5.91 Å². The molecule has 0 aliphatic heterocycles. The van der Waals surface area contributed by atoms with E-state index >= 15 is 0 Å². The average Bonchev–Trinajstić information content (AvgIpc) is 3.49. The van der Waals surface area contributed by atoms with Gasteiger partial charge in [0.05, 0.1) is 10.9 Å².